The number of aromatic nitrogens is 2. The van der Waals surface area contributed by atoms with Crippen LogP contribution in [0.3, 0.4) is 0 Å². The van der Waals surface area contributed by atoms with Crippen molar-refractivity contribution in [3.8, 4) is 5.75 Å². The van der Waals surface area contributed by atoms with E-state index in [2.05, 4.69) is 30.5 Å². The van der Waals surface area contributed by atoms with Gasteiger partial charge >= 0.3 is 0 Å². The van der Waals surface area contributed by atoms with E-state index in [9.17, 15) is 18.3 Å². The molecule has 178 valence electrons. The molecule has 1 amide bonds. The van der Waals surface area contributed by atoms with Gasteiger partial charge in [-0.25, -0.2) is 8.42 Å². The molecule has 0 bridgehead atoms. The maximum Gasteiger partial charge on any atom is 0.279 e. The zero-order valence-electron chi connectivity index (χ0n) is 18.5. The van der Waals surface area contributed by atoms with Crippen LogP contribution in [0.25, 0.3) is 0 Å². The lowest BCUT2D eigenvalue weighted by Gasteiger charge is -2.07. The van der Waals surface area contributed by atoms with Crippen molar-refractivity contribution in [1.82, 2.24) is 10.2 Å². The van der Waals surface area contributed by atoms with E-state index in [1.807, 2.05) is 6.92 Å². The predicted octanol–water partition coefficient (Wildman–Crippen LogP) is 4.56. The molecule has 0 aliphatic heterocycles. The minimum atomic E-state index is -3.85. The molecule has 0 spiro atoms. The van der Waals surface area contributed by atoms with Crippen LogP contribution in [0.4, 0.5) is 16.5 Å². The van der Waals surface area contributed by atoms with Gasteiger partial charge in [0.1, 0.15) is 16.5 Å². The number of carbonyl (C=O) groups is 1. The topological polar surface area (TPSA) is 155 Å². The number of aryl methyl sites for hydroxylation is 1. The van der Waals surface area contributed by atoms with E-state index in [4.69, 9.17) is 4.74 Å². The van der Waals surface area contributed by atoms with Crippen molar-refractivity contribution >= 4 is 43.8 Å². The molecule has 3 N–H and O–H groups in total. The minimum Gasteiger partial charge on any atom is -0.510 e. The van der Waals surface area contributed by atoms with Crippen LogP contribution in [0.2, 0.25) is 0 Å². The SMILES string of the molecule is CCOc1ccc(NC(=O)C(N=Nc2ccc(S(=O)(=O)Nc3nnc(C)s3)cc2)=C(C)O)cc1. The molecule has 0 saturated heterocycles. The van der Waals surface area contributed by atoms with Gasteiger partial charge in [-0.2, -0.15) is 5.11 Å². The fourth-order valence-corrected chi connectivity index (χ4v) is 4.41. The molecular weight excluding hydrogens is 480 g/mol. The maximum absolute atomic E-state index is 12.5. The van der Waals surface area contributed by atoms with Crippen molar-refractivity contribution in [2.24, 2.45) is 10.2 Å². The highest BCUT2D eigenvalue weighted by atomic mass is 32.2. The van der Waals surface area contributed by atoms with Gasteiger partial charge in [0, 0.05) is 5.69 Å². The molecule has 0 atom stereocenters. The largest absolute Gasteiger partial charge is 0.510 e. The average Bonchev–Trinajstić information content (AvgIpc) is 3.19. The van der Waals surface area contributed by atoms with Crippen LogP contribution in [0.1, 0.15) is 18.9 Å². The van der Waals surface area contributed by atoms with Gasteiger partial charge in [0.05, 0.1) is 17.2 Å². The molecule has 0 radical (unpaired) electrons. The highest BCUT2D eigenvalue weighted by Crippen LogP contribution is 2.23. The van der Waals surface area contributed by atoms with Gasteiger partial charge in [0.25, 0.3) is 15.9 Å². The normalized spacial score (nSPS) is 12.3. The molecule has 3 aromatic rings. The Balaban J connectivity index is 1.69. The maximum atomic E-state index is 12.5. The molecule has 0 unspecified atom stereocenters. The van der Waals surface area contributed by atoms with Crippen molar-refractivity contribution in [3.05, 3.63) is 65.0 Å². The smallest absolute Gasteiger partial charge is 0.279 e. The van der Waals surface area contributed by atoms with E-state index >= 15 is 0 Å². The monoisotopic (exact) mass is 502 g/mol. The van der Waals surface area contributed by atoms with E-state index in [1.54, 1.807) is 31.2 Å². The highest BCUT2D eigenvalue weighted by molar-refractivity contribution is 7.93. The summed E-state index contributed by atoms with van der Waals surface area (Å²) in [4.78, 5) is 12.5. The van der Waals surface area contributed by atoms with Crippen LogP contribution in [-0.2, 0) is 14.8 Å². The van der Waals surface area contributed by atoms with Crippen molar-refractivity contribution < 1.29 is 23.1 Å². The molecule has 1 aromatic heterocycles. The molecule has 3 rings (SSSR count). The summed E-state index contributed by atoms with van der Waals surface area (Å²) in [7, 11) is -3.85. The number of amides is 1. The first-order valence-electron chi connectivity index (χ1n) is 9.96. The van der Waals surface area contributed by atoms with Gasteiger partial charge in [-0.3, -0.25) is 9.52 Å². The summed E-state index contributed by atoms with van der Waals surface area (Å²) < 4.78 is 32.6. The summed E-state index contributed by atoms with van der Waals surface area (Å²) in [5, 5.41) is 28.6. The van der Waals surface area contributed by atoms with Crippen LogP contribution < -0.4 is 14.8 Å². The third-order valence-corrected chi connectivity index (χ3v) is 6.38. The van der Waals surface area contributed by atoms with Crippen LogP contribution >= 0.6 is 11.3 Å². The van der Waals surface area contributed by atoms with Crippen LogP contribution in [-0.4, -0.2) is 36.2 Å². The lowest BCUT2D eigenvalue weighted by Crippen LogP contribution is -2.14. The number of aliphatic hydroxyl groups is 1. The summed E-state index contributed by atoms with van der Waals surface area (Å²) >= 11 is 1.11. The van der Waals surface area contributed by atoms with E-state index in [0.717, 1.165) is 11.3 Å². The Hall–Kier alpha value is -3.84. The Labute approximate surface area is 200 Å². The number of allylic oxidation sites excluding steroid dienone is 1. The van der Waals surface area contributed by atoms with Gasteiger partial charge < -0.3 is 15.2 Å². The first-order chi connectivity index (χ1) is 16.2. The number of hydrogen-bond donors (Lipinski definition) is 3. The Bertz CT molecular complexity index is 1310. The van der Waals surface area contributed by atoms with E-state index in [0.29, 0.717) is 23.1 Å². The van der Waals surface area contributed by atoms with Crippen molar-refractivity contribution in [1.29, 1.82) is 0 Å². The molecule has 34 heavy (non-hydrogen) atoms. The second-order valence-electron chi connectivity index (χ2n) is 6.77. The zero-order chi connectivity index (χ0) is 24.7. The molecular formula is C21H22N6O5S2. The number of nitrogens with one attached hydrogen (secondary N) is 2. The molecule has 13 heteroatoms. The number of aliphatic hydroxyl groups excluding tert-OH is 1. The molecule has 0 saturated carbocycles. The number of carbonyl (C=O) groups excluding carboxylic acids is 1. The van der Waals surface area contributed by atoms with Crippen molar-refractivity contribution in [2.75, 3.05) is 16.6 Å². The number of sulfonamides is 1. The minimum absolute atomic E-state index is 0.0124. The fraction of sp³-hybridized carbons (Fsp3) is 0.190. The molecule has 1 heterocycles. The Morgan fingerprint density at radius 2 is 1.79 bits per heavy atom. The van der Waals surface area contributed by atoms with Gasteiger partial charge in [-0.05, 0) is 69.3 Å². The number of hydrogen-bond acceptors (Lipinski definition) is 10. The third kappa shape index (κ3) is 6.59. The second kappa shape index (κ2) is 10.9. The van der Waals surface area contributed by atoms with Gasteiger partial charge in [-0.1, -0.05) is 11.3 Å². The quantitative estimate of drug-likeness (QED) is 0.220. The average molecular weight is 503 g/mol. The summed E-state index contributed by atoms with van der Waals surface area (Å²) in [6.45, 7) is 5.41. The van der Waals surface area contributed by atoms with Crippen molar-refractivity contribution in [3.63, 3.8) is 0 Å². The summed E-state index contributed by atoms with van der Waals surface area (Å²) in [5.41, 5.74) is 0.465. The number of benzene rings is 2. The Kier molecular flexibility index (Phi) is 7.91. The van der Waals surface area contributed by atoms with E-state index in [1.165, 1.54) is 31.2 Å². The first kappa shape index (κ1) is 24.8. The number of nitrogens with zero attached hydrogens (tertiary/aromatic N) is 4. The summed E-state index contributed by atoms with van der Waals surface area (Å²) in [6, 6.07) is 12.2. The predicted molar refractivity (Wildman–Crippen MR) is 128 cm³/mol. The van der Waals surface area contributed by atoms with Crippen LogP contribution in [0.15, 0.2) is 75.1 Å². The van der Waals surface area contributed by atoms with Crippen LogP contribution in [0, 0.1) is 6.92 Å². The van der Waals surface area contributed by atoms with Gasteiger partial charge in [-0.15, -0.1) is 15.3 Å². The zero-order valence-corrected chi connectivity index (χ0v) is 20.1. The molecule has 11 nitrogen and oxygen atoms in total. The molecule has 0 aliphatic rings. The number of anilines is 2. The van der Waals surface area contributed by atoms with Gasteiger partial charge in [0.2, 0.25) is 5.13 Å². The lowest BCUT2D eigenvalue weighted by atomic mass is 10.3. The summed E-state index contributed by atoms with van der Waals surface area (Å²) in [6.07, 6.45) is 0. The number of rotatable bonds is 9. The number of azo groups is 1. The van der Waals surface area contributed by atoms with Crippen LogP contribution in [0.5, 0.6) is 5.75 Å². The Morgan fingerprint density at radius 3 is 2.35 bits per heavy atom. The van der Waals surface area contributed by atoms with Gasteiger partial charge in [0.15, 0.2) is 5.70 Å². The third-order valence-electron chi connectivity index (χ3n) is 4.14. The standard InChI is InChI=1S/C21H22N6O5S2/c1-4-32-17-9-5-15(6-10-17)22-20(29)19(13(2)28)25-24-16-7-11-18(12-8-16)34(30,31)27-21-26-23-14(3)33-21/h5-12,28H,4H2,1-3H3,(H,22,29)(H,26,27). The first-order valence-corrected chi connectivity index (χ1v) is 12.3. The molecule has 2 aromatic carbocycles. The van der Waals surface area contributed by atoms with E-state index in [-0.39, 0.29) is 27.2 Å². The molecule has 0 aliphatic carbocycles. The number of ether oxygens (including phenoxy) is 1. The van der Waals surface area contributed by atoms with E-state index < -0.39 is 15.9 Å². The van der Waals surface area contributed by atoms with Crippen molar-refractivity contribution in [2.45, 2.75) is 25.7 Å². The Morgan fingerprint density at radius 1 is 1.12 bits per heavy atom. The highest BCUT2D eigenvalue weighted by Gasteiger charge is 2.17. The second-order valence-corrected chi connectivity index (χ2v) is 9.64. The molecule has 0 fully saturated rings. The lowest BCUT2D eigenvalue weighted by molar-refractivity contribution is -0.113. The summed E-state index contributed by atoms with van der Waals surface area (Å²) in [5.74, 6) is -0.333. The fourth-order valence-electron chi connectivity index (χ4n) is 2.58.